The molecule has 0 atom stereocenters. The Bertz CT molecular complexity index is 667. The number of alkyl halides is 3. The maximum Gasteiger partial charge on any atom is 0.416 e. The van der Waals surface area contributed by atoms with Crippen molar-refractivity contribution >= 4 is 11.7 Å². The van der Waals surface area contributed by atoms with Gasteiger partial charge >= 0.3 is 12.1 Å². The summed E-state index contributed by atoms with van der Waals surface area (Å²) in [5.41, 5.74) is 6.29. The van der Waals surface area contributed by atoms with Gasteiger partial charge in [0.15, 0.2) is 0 Å². The summed E-state index contributed by atoms with van der Waals surface area (Å²) < 4.78 is 37.5. The quantitative estimate of drug-likeness (QED) is 0.913. The Morgan fingerprint density at radius 2 is 1.86 bits per heavy atom. The van der Waals surface area contributed by atoms with E-state index in [0.29, 0.717) is 16.8 Å². The molecule has 0 aliphatic heterocycles. The average Bonchev–Trinajstić information content (AvgIpc) is 2.40. The Kier molecular flexibility index (Phi) is 3.84. The van der Waals surface area contributed by atoms with Crippen molar-refractivity contribution in [3.05, 3.63) is 47.7 Å². The van der Waals surface area contributed by atoms with Crippen molar-refractivity contribution in [2.24, 2.45) is 0 Å². The SMILES string of the molecule is Nc1cnc(-c2ccc(C(F)(F)F)cc2)cc1CC(=O)O. The number of nitrogen functional groups attached to an aromatic ring is 1. The highest BCUT2D eigenvalue weighted by Crippen LogP contribution is 2.31. The summed E-state index contributed by atoms with van der Waals surface area (Å²) in [5.74, 6) is -1.05. The molecule has 0 unspecified atom stereocenters. The Balaban J connectivity index is 2.36. The van der Waals surface area contributed by atoms with Crippen LogP contribution in [0.3, 0.4) is 0 Å². The zero-order valence-electron chi connectivity index (χ0n) is 10.7. The van der Waals surface area contributed by atoms with E-state index in [-0.39, 0.29) is 12.1 Å². The number of hydrogen-bond acceptors (Lipinski definition) is 3. The Hall–Kier alpha value is -2.57. The molecule has 0 saturated heterocycles. The van der Waals surface area contributed by atoms with Crippen LogP contribution in [0, 0.1) is 0 Å². The van der Waals surface area contributed by atoms with Crippen LogP contribution in [-0.4, -0.2) is 16.1 Å². The molecule has 7 heteroatoms. The van der Waals surface area contributed by atoms with Crippen molar-refractivity contribution < 1.29 is 23.1 Å². The number of aromatic nitrogens is 1. The zero-order valence-corrected chi connectivity index (χ0v) is 10.7. The summed E-state index contributed by atoms with van der Waals surface area (Å²) in [6, 6.07) is 5.93. The van der Waals surface area contributed by atoms with E-state index in [1.54, 1.807) is 0 Å². The minimum Gasteiger partial charge on any atom is -0.481 e. The molecule has 21 heavy (non-hydrogen) atoms. The van der Waals surface area contributed by atoms with E-state index in [0.717, 1.165) is 12.1 Å². The minimum absolute atomic E-state index is 0.230. The van der Waals surface area contributed by atoms with Crippen molar-refractivity contribution in [1.82, 2.24) is 4.98 Å². The standard InChI is InChI=1S/C14H11F3N2O2/c15-14(16,17)10-3-1-8(2-4-10)12-5-9(6-13(20)21)11(18)7-19-12/h1-5,7H,6,18H2,(H,20,21). The van der Waals surface area contributed by atoms with Crippen molar-refractivity contribution in [2.45, 2.75) is 12.6 Å². The number of benzene rings is 1. The second-order valence-corrected chi connectivity index (χ2v) is 4.41. The van der Waals surface area contributed by atoms with E-state index in [9.17, 15) is 18.0 Å². The number of nitrogens with zero attached hydrogens (tertiary/aromatic N) is 1. The first-order valence-electron chi connectivity index (χ1n) is 5.91. The van der Waals surface area contributed by atoms with Crippen LogP contribution >= 0.6 is 0 Å². The van der Waals surface area contributed by atoms with E-state index in [2.05, 4.69) is 4.98 Å². The van der Waals surface area contributed by atoms with Crippen LogP contribution in [0.4, 0.5) is 18.9 Å². The van der Waals surface area contributed by atoms with Gasteiger partial charge < -0.3 is 10.8 Å². The summed E-state index contributed by atoms with van der Waals surface area (Å²) in [6.45, 7) is 0. The lowest BCUT2D eigenvalue weighted by atomic mass is 10.0. The van der Waals surface area contributed by atoms with Gasteiger partial charge in [0.1, 0.15) is 0 Å². The van der Waals surface area contributed by atoms with Gasteiger partial charge in [-0.1, -0.05) is 12.1 Å². The lowest BCUT2D eigenvalue weighted by molar-refractivity contribution is -0.138. The number of anilines is 1. The molecule has 0 saturated carbocycles. The van der Waals surface area contributed by atoms with Crippen LogP contribution in [0.2, 0.25) is 0 Å². The predicted octanol–water partition coefficient (Wildman–Crippen LogP) is 2.98. The maximum atomic E-state index is 12.5. The molecule has 2 rings (SSSR count). The maximum absolute atomic E-state index is 12.5. The monoisotopic (exact) mass is 296 g/mol. The molecule has 1 aromatic carbocycles. The fourth-order valence-corrected chi connectivity index (χ4v) is 1.81. The van der Waals surface area contributed by atoms with Crippen LogP contribution < -0.4 is 5.73 Å². The first-order valence-corrected chi connectivity index (χ1v) is 5.91. The van der Waals surface area contributed by atoms with E-state index in [4.69, 9.17) is 10.8 Å². The fraction of sp³-hybridized carbons (Fsp3) is 0.143. The third-order valence-electron chi connectivity index (χ3n) is 2.87. The molecule has 0 spiro atoms. The number of halogens is 3. The molecule has 1 aromatic heterocycles. The summed E-state index contributed by atoms with van der Waals surface area (Å²) in [4.78, 5) is 14.7. The molecule has 110 valence electrons. The van der Waals surface area contributed by atoms with Crippen LogP contribution in [0.5, 0.6) is 0 Å². The van der Waals surface area contributed by atoms with Gasteiger partial charge in [-0.2, -0.15) is 13.2 Å². The molecule has 0 bridgehead atoms. The molecule has 0 amide bonds. The first-order chi connectivity index (χ1) is 9.77. The van der Waals surface area contributed by atoms with Crippen molar-refractivity contribution in [3.63, 3.8) is 0 Å². The van der Waals surface area contributed by atoms with Crippen molar-refractivity contribution in [1.29, 1.82) is 0 Å². The lowest BCUT2D eigenvalue weighted by Gasteiger charge is -2.09. The van der Waals surface area contributed by atoms with Gasteiger partial charge in [-0.15, -0.1) is 0 Å². The number of carboxylic acid groups (broad SMARTS) is 1. The minimum atomic E-state index is -4.40. The highest BCUT2D eigenvalue weighted by molar-refractivity contribution is 5.74. The Morgan fingerprint density at radius 3 is 2.38 bits per heavy atom. The topological polar surface area (TPSA) is 76.2 Å². The first kappa shape index (κ1) is 14.8. The molecule has 3 N–H and O–H groups in total. The summed E-state index contributed by atoms with van der Waals surface area (Å²) in [5, 5.41) is 8.78. The fourth-order valence-electron chi connectivity index (χ4n) is 1.81. The molecule has 2 aromatic rings. The lowest BCUT2D eigenvalue weighted by Crippen LogP contribution is -2.05. The van der Waals surface area contributed by atoms with Gasteiger partial charge in [0.05, 0.1) is 29.6 Å². The van der Waals surface area contributed by atoms with Gasteiger partial charge in [0.2, 0.25) is 0 Å². The number of carboxylic acids is 1. The third-order valence-corrected chi connectivity index (χ3v) is 2.87. The van der Waals surface area contributed by atoms with Crippen LogP contribution in [0.25, 0.3) is 11.3 Å². The number of nitrogens with two attached hydrogens (primary N) is 1. The van der Waals surface area contributed by atoms with Gasteiger partial charge in [0, 0.05) is 5.56 Å². The van der Waals surface area contributed by atoms with Crippen LogP contribution in [0.15, 0.2) is 36.5 Å². The molecule has 0 radical (unpaired) electrons. The predicted molar refractivity (Wildman–Crippen MR) is 70.4 cm³/mol. The Labute approximate surface area is 118 Å². The highest BCUT2D eigenvalue weighted by atomic mass is 19.4. The van der Waals surface area contributed by atoms with E-state index in [1.807, 2.05) is 0 Å². The largest absolute Gasteiger partial charge is 0.481 e. The highest BCUT2D eigenvalue weighted by Gasteiger charge is 2.30. The summed E-state index contributed by atoms with van der Waals surface area (Å²) >= 11 is 0. The molecule has 1 heterocycles. The average molecular weight is 296 g/mol. The van der Waals surface area contributed by atoms with Crippen LogP contribution in [-0.2, 0) is 17.4 Å². The summed E-state index contributed by atoms with van der Waals surface area (Å²) in [6.07, 6.45) is -3.38. The molecule has 0 fully saturated rings. The number of aliphatic carboxylic acids is 1. The van der Waals surface area contributed by atoms with E-state index in [1.165, 1.54) is 24.4 Å². The van der Waals surface area contributed by atoms with Gasteiger partial charge in [0.25, 0.3) is 0 Å². The molecular formula is C14H11F3N2O2. The Morgan fingerprint density at radius 1 is 1.24 bits per heavy atom. The van der Waals surface area contributed by atoms with Gasteiger partial charge in [-0.05, 0) is 23.8 Å². The normalized spacial score (nSPS) is 11.4. The number of rotatable bonds is 3. The second kappa shape index (κ2) is 5.43. The second-order valence-electron chi connectivity index (χ2n) is 4.41. The van der Waals surface area contributed by atoms with Crippen LogP contribution in [0.1, 0.15) is 11.1 Å². The molecule has 4 nitrogen and oxygen atoms in total. The van der Waals surface area contributed by atoms with Gasteiger partial charge in [-0.25, -0.2) is 0 Å². The van der Waals surface area contributed by atoms with Gasteiger partial charge in [-0.3, -0.25) is 9.78 Å². The number of pyridine rings is 1. The van der Waals surface area contributed by atoms with Crippen molar-refractivity contribution in [2.75, 3.05) is 5.73 Å². The molecular weight excluding hydrogens is 285 g/mol. The molecule has 0 aliphatic carbocycles. The van der Waals surface area contributed by atoms with Crippen molar-refractivity contribution in [3.8, 4) is 11.3 Å². The summed E-state index contributed by atoms with van der Waals surface area (Å²) in [7, 11) is 0. The smallest absolute Gasteiger partial charge is 0.416 e. The third kappa shape index (κ3) is 3.50. The molecule has 0 aliphatic rings. The number of hydrogen-bond donors (Lipinski definition) is 2. The van der Waals surface area contributed by atoms with E-state index < -0.39 is 17.7 Å². The zero-order chi connectivity index (χ0) is 15.6. The van der Waals surface area contributed by atoms with E-state index >= 15 is 0 Å². The number of carbonyl (C=O) groups is 1.